The van der Waals surface area contributed by atoms with Crippen LogP contribution in [0.15, 0.2) is 48.5 Å². The van der Waals surface area contributed by atoms with Gasteiger partial charge in [0.2, 0.25) is 0 Å². The van der Waals surface area contributed by atoms with Crippen LogP contribution in [0.1, 0.15) is 33.8 Å². The summed E-state index contributed by atoms with van der Waals surface area (Å²) in [7, 11) is 0. The van der Waals surface area contributed by atoms with Gasteiger partial charge in [-0.3, -0.25) is 4.79 Å². The number of carbonyl (C=O) groups is 1. The number of aryl methyl sites for hydroxylation is 1. The molecule has 1 aliphatic rings. The van der Waals surface area contributed by atoms with Crippen LogP contribution in [0.5, 0.6) is 0 Å². The lowest BCUT2D eigenvalue weighted by Gasteiger charge is -2.03. The van der Waals surface area contributed by atoms with Gasteiger partial charge < -0.3 is 0 Å². The molecule has 0 aromatic heterocycles. The maximum absolute atomic E-state index is 12.4. The van der Waals surface area contributed by atoms with Crippen LogP contribution in [0.25, 0.3) is 0 Å². The lowest BCUT2D eigenvalue weighted by atomic mass is 10.0. The lowest BCUT2D eigenvalue weighted by Crippen LogP contribution is -2.03. The Morgan fingerprint density at radius 1 is 1.11 bits per heavy atom. The van der Waals surface area contributed by atoms with E-state index < -0.39 is 0 Å². The third kappa shape index (κ3) is 2.43. The predicted molar refractivity (Wildman–Crippen MR) is 77.8 cm³/mol. The highest BCUT2D eigenvalue weighted by atomic mass is 35.5. The van der Waals surface area contributed by atoms with Gasteiger partial charge in [0, 0.05) is 16.5 Å². The molecule has 0 amide bonds. The smallest absolute Gasteiger partial charge is 0.166 e. The third-order valence-electron chi connectivity index (χ3n) is 3.77. The first-order valence-electron chi connectivity index (χ1n) is 6.52. The van der Waals surface area contributed by atoms with E-state index in [-0.39, 0.29) is 11.7 Å². The summed E-state index contributed by atoms with van der Waals surface area (Å²) in [6.45, 7) is 2.03. The number of benzene rings is 2. The van der Waals surface area contributed by atoms with E-state index in [1.165, 1.54) is 5.56 Å². The van der Waals surface area contributed by atoms with Crippen LogP contribution in [0.2, 0.25) is 5.02 Å². The molecule has 2 aromatic carbocycles. The fourth-order valence-corrected chi connectivity index (χ4v) is 2.81. The highest BCUT2D eigenvalue weighted by molar-refractivity contribution is 6.31. The predicted octanol–water partition coefficient (Wildman–Crippen LogP) is 4.63. The van der Waals surface area contributed by atoms with E-state index >= 15 is 0 Å². The van der Waals surface area contributed by atoms with E-state index in [2.05, 4.69) is 0 Å². The Balaban J connectivity index is 1.78. The number of halogens is 1. The number of hydrogen-bond acceptors (Lipinski definition) is 1. The van der Waals surface area contributed by atoms with Crippen molar-refractivity contribution in [3.8, 4) is 0 Å². The highest BCUT2D eigenvalue weighted by Gasteiger charge is 2.44. The van der Waals surface area contributed by atoms with Gasteiger partial charge in [0.05, 0.1) is 0 Å². The molecule has 2 atom stereocenters. The molecular weight excluding hydrogens is 256 g/mol. The van der Waals surface area contributed by atoms with Crippen LogP contribution < -0.4 is 0 Å². The molecule has 0 N–H and O–H groups in total. The van der Waals surface area contributed by atoms with Crippen LogP contribution in [0.4, 0.5) is 0 Å². The molecule has 1 saturated carbocycles. The third-order valence-corrected chi connectivity index (χ3v) is 4.11. The van der Waals surface area contributed by atoms with Gasteiger partial charge in [0.15, 0.2) is 5.78 Å². The number of carbonyl (C=O) groups excluding carboxylic acids is 1. The highest BCUT2D eigenvalue weighted by Crippen LogP contribution is 2.50. The standard InChI is InChI=1S/C17H15ClO/c1-11-6-8-12(9-7-11)17(19)15-10-14(15)13-4-2-3-5-16(13)18/h2-9,14-15H,10H2,1H3. The first-order chi connectivity index (χ1) is 9.16. The Morgan fingerprint density at radius 3 is 2.47 bits per heavy atom. The van der Waals surface area contributed by atoms with Crippen LogP contribution in [0, 0.1) is 12.8 Å². The summed E-state index contributed by atoms with van der Waals surface area (Å²) in [4.78, 5) is 12.4. The molecule has 0 bridgehead atoms. The van der Waals surface area contributed by atoms with Gasteiger partial charge in [-0.05, 0) is 30.9 Å². The number of ketones is 1. The van der Waals surface area contributed by atoms with Crippen LogP contribution in [0.3, 0.4) is 0 Å². The van der Waals surface area contributed by atoms with Crippen molar-refractivity contribution in [2.24, 2.45) is 5.92 Å². The van der Waals surface area contributed by atoms with Crippen molar-refractivity contribution >= 4 is 17.4 Å². The fraction of sp³-hybridized carbons (Fsp3) is 0.235. The number of Topliss-reactive ketones (excluding diaryl/α,β-unsaturated/α-hetero) is 1. The molecule has 2 aromatic rings. The summed E-state index contributed by atoms with van der Waals surface area (Å²) in [6.07, 6.45) is 0.913. The van der Waals surface area contributed by atoms with E-state index in [1.54, 1.807) is 0 Å². The van der Waals surface area contributed by atoms with E-state index in [1.807, 2.05) is 55.5 Å². The molecule has 1 aliphatic carbocycles. The number of rotatable bonds is 3. The van der Waals surface area contributed by atoms with E-state index in [4.69, 9.17) is 11.6 Å². The van der Waals surface area contributed by atoms with Crippen LogP contribution >= 0.6 is 11.6 Å². The maximum Gasteiger partial charge on any atom is 0.166 e. The van der Waals surface area contributed by atoms with Crippen molar-refractivity contribution in [1.29, 1.82) is 0 Å². The molecule has 0 radical (unpaired) electrons. The molecule has 3 rings (SSSR count). The molecule has 2 heteroatoms. The average Bonchev–Trinajstić information content (AvgIpc) is 3.19. The molecule has 1 nitrogen and oxygen atoms in total. The molecule has 19 heavy (non-hydrogen) atoms. The second-order valence-electron chi connectivity index (χ2n) is 5.20. The summed E-state index contributed by atoms with van der Waals surface area (Å²) in [5.41, 5.74) is 3.09. The van der Waals surface area contributed by atoms with Crippen molar-refractivity contribution in [2.45, 2.75) is 19.3 Å². The summed E-state index contributed by atoms with van der Waals surface area (Å²) in [5.74, 6) is 0.634. The summed E-state index contributed by atoms with van der Waals surface area (Å²) in [6, 6.07) is 15.6. The normalized spacial score (nSPS) is 21.2. The second-order valence-corrected chi connectivity index (χ2v) is 5.61. The average molecular weight is 271 g/mol. The SMILES string of the molecule is Cc1ccc(C(=O)C2CC2c2ccccc2Cl)cc1. The molecule has 0 aliphatic heterocycles. The maximum atomic E-state index is 12.4. The van der Waals surface area contributed by atoms with Crippen molar-refractivity contribution < 1.29 is 4.79 Å². The van der Waals surface area contributed by atoms with Crippen LogP contribution in [-0.4, -0.2) is 5.78 Å². The minimum absolute atomic E-state index is 0.0996. The Labute approximate surface area is 118 Å². The van der Waals surface area contributed by atoms with Gasteiger partial charge in [-0.1, -0.05) is 59.6 Å². The van der Waals surface area contributed by atoms with Crippen molar-refractivity contribution in [3.63, 3.8) is 0 Å². The first kappa shape index (κ1) is 12.4. The lowest BCUT2D eigenvalue weighted by molar-refractivity contribution is 0.0965. The molecule has 0 heterocycles. The van der Waals surface area contributed by atoms with Crippen molar-refractivity contribution in [1.82, 2.24) is 0 Å². The van der Waals surface area contributed by atoms with Gasteiger partial charge in [-0.15, -0.1) is 0 Å². The minimum atomic E-state index is 0.0996. The zero-order chi connectivity index (χ0) is 13.4. The second kappa shape index (κ2) is 4.82. The Hall–Kier alpha value is -1.60. The van der Waals surface area contributed by atoms with E-state index in [0.717, 1.165) is 22.6 Å². The fourth-order valence-electron chi connectivity index (χ4n) is 2.54. The largest absolute Gasteiger partial charge is 0.294 e. The quantitative estimate of drug-likeness (QED) is 0.743. The molecule has 1 fully saturated rings. The molecule has 0 saturated heterocycles. The minimum Gasteiger partial charge on any atom is -0.294 e. The van der Waals surface area contributed by atoms with E-state index in [0.29, 0.717) is 5.92 Å². The van der Waals surface area contributed by atoms with Crippen molar-refractivity contribution in [2.75, 3.05) is 0 Å². The van der Waals surface area contributed by atoms with E-state index in [9.17, 15) is 4.79 Å². The van der Waals surface area contributed by atoms with Gasteiger partial charge in [0.1, 0.15) is 0 Å². The van der Waals surface area contributed by atoms with Gasteiger partial charge in [0.25, 0.3) is 0 Å². The molecule has 2 unspecified atom stereocenters. The monoisotopic (exact) mass is 270 g/mol. The zero-order valence-electron chi connectivity index (χ0n) is 10.8. The van der Waals surface area contributed by atoms with Crippen molar-refractivity contribution in [3.05, 3.63) is 70.2 Å². The Morgan fingerprint density at radius 2 is 1.79 bits per heavy atom. The topological polar surface area (TPSA) is 17.1 Å². The molecular formula is C17H15ClO. The van der Waals surface area contributed by atoms with Gasteiger partial charge >= 0.3 is 0 Å². The molecule has 0 spiro atoms. The summed E-state index contributed by atoms with van der Waals surface area (Å²) in [5, 5.41) is 0.770. The zero-order valence-corrected chi connectivity index (χ0v) is 11.5. The first-order valence-corrected chi connectivity index (χ1v) is 6.90. The Kier molecular flexibility index (Phi) is 3.16. The van der Waals surface area contributed by atoms with Gasteiger partial charge in [-0.2, -0.15) is 0 Å². The van der Waals surface area contributed by atoms with Crippen LogP contribution in [-0.2, 0) is 0 Å². The summed E-state index contributed by atoms with van der Waals surface area (Å²) < 4.78 is 0. The molecule has 96 valence electrons. The van der Waals surface area contributed by atoms with Gasteiger partial charge in [-0.25, -0.2) is 0 Å². The Bertz CT molecular complexity index is 615. The number of hydrogen-bond donors (Lipinski definition) is 0. The summed E-state index contributed by atoms with van der Waals surface area (Å²) >= 11 is 6.18.